The summed E-state index contributed by atoms with van der Waals surface area (Å²) in [5.41, 5.74) is 0. The molecule has 1 atom stereocenters. The molecule has 0 aromatic heterocycles. The van der Waals surface area contributed by atoms with Gasteiger partial charge in [0.15, 0.2) is 0 Å². The van der Waals surface area contributed by atoms with Gasteiger partial charge in [-0.3, -0.25) is 0 Å². The second-order valence-electron chi connectivity index (χ2n) is 3.41. The van der Waals surface area contributed by atoms with Gasteiger partial charge < -0.3 is 20.1 Å². The van der Waals surface area contributed by atoms with E-state index >= 15 is 0 Å². The molecule has 0 fully saturated rings. The highest BCUT2D eigenvalue weighted by Gasteiger charge is 2.03. The minimum Gasteiger partial charge on any atom is -0.378 e. The SMILES string of the molecule is CC#CCC(COCCOCCNC)NC. The summed E-state index contributed by atoms with van der Waals surface area (Å²) >= 11 is 0. The molecule has 16 heavy (non-hydrogen) atoms. The summed E-state index contributed by atoms with van der Waals surface area (Å²) in [6.07, 6.45) is 0.827. The predicted octanol–water partition coefficient (Wildman–Crippen LogP) is 0.240. The summed E-state index contributed by atoms with van der Waals surface area (Å²) in [6.45, 7) is 5.44. The zero-order valence-electron chi connectivity index (χ0n) is 10.6. The van der Waals surface area contributed by atoms with Gasteiger partial charge in [-0.15, -0.1) is 11.8 Å². The Morgan fingerprint density at radius 3 is 2.50 bits per heavy atom. The highest BCUT2D eigenvalue weighted by molar-refractivity contribution is 4.97. The molecule has 0 bridgehead atoms. The van der Waals surface area contributed by atoms with Crippen molar-refractivity contribution in [1.29, 1.82) is 0 Å². The van der Waals surface area contributed by atoms with Crippen LogP contribution in [0.3, 0.4) is 0 Å². The Kier molecular flexibility index (Phi) is 12.0. The first-order valence-corrected chi connectivity index (χ1v) is 5.72. The van der Waals surface area contributed by atoms with Crippen LogP contribution in [0.1, 0.15) is 13.3 Å². The van der Waals surface area contributed by atoms with Crippen molar-refractivity contribution < 1.29 is 9.47 Å². The number of ether oxygens (including phenoxy) is 2. The molecular weight excluding hydrogens is 204 g/mol. The number of rotatable bonds is 10. The summed E-state index contributed by atoms with van der Waals surface area (Å²) in [7, 11) is 3.83. The molecule has 0 heterocycles. The lowest BCUT2D eigenvalue weighted by molar-refractivity contribution is 0.0416. The Balaban J connectivity index is 3.29. The first-order valence-electron chi connectivity index (χ1n) is 5.72. The van der Waals surface area contributed by atoms with E-state index in [4.69, 9.17) is 9.47 Å². The quantitative estimate of drug-likeness (QED) is 0.415. The fraction of sp³-hybridized carbons (Fsp3) is 0.833. The molecule has 4 heteroatoms. The topological polar surface area (TPSA) is 42.5 Å². The predicted molar refractivity (Wildman–Crippen MR) is 66.5 cm³/mol. The fourth-order valence-corrected chi connectivity index (χ4v) is 1.09. The van der Waals surface area contributed by atoms with E-state index in [9.17, 15) is 0 Å². The normalized spacial score (nSPS) is 11.9. The standard InChI is InChI=1S/C12H24N2O2/c1-4-5-6-12(14-3)11-16-10-9-15-8-7-13-2/h12-14H,6-11H2,1-3H3. The molecule has 0 aliphatic rings. The summed E-state index contributed by atoms with van der Waals surface area (Å²) < 4.78 is 10.8. The van der Waals surface area contributed by atoms with Gasteiger partial charge in [0.05, 0.1) is 26.4 Å². The van der Waals surface area contributed by atoms with Gasteiger partial charge in [-0.05, 0) is 21.0 Å². The van der Waals surface area contributed by atoms with Gasteiger partial charge in [0.25, 0.3) is 0 Å². The van der Waals surface area contributed by atoms with Gasteiger partial charge in [-0.2, -0.15) is 0 Å². The van der Waals surface area contributed by atoms with Gasteiger partial charge >= 0.3 is 0 Å². The van der Waals surface area contributed by atoms with Crippen LogP contribution in [0.25, 0.3) is 0 Å². The van der Waals surface area contributed by atoms with E-state index in [-0.39, 0.29) is 0 Å². The fourth-order valence-electron chi connectivity index (χ4n) is 1.09. The van der Waals surface area contributed by atoms with Crippen LogP contribution in [0.2, 0.25) is 0 Å². The monoisotopic (exact) mass is 228 g/mol. The smallest absolute Gasteiger partial charge is 0.0701 e. The summed E-state index contributed by atoms with van der Waals surface area (Å²) in [6, 6.07) is 0.310. The van der Waals surface area contributed by atoms with E-state index < -0.39 is 0 Å². The zero-order chi connectivity index (χ0) is 12.1. The molecule has 1 unspecified atom stereocenters. The molecule has 0 saturated carbocycles. The molecule has 0 aliphatic carbocycles. The van der Waals surface area contributed by atoms with Crippen molar-refractivity contribution in [3.63, 3.8) is 0 Å². The maximum absolute atomic E-state index is 5.49. The van der Waals surface area contributed by atoms with Gasteiger partial charge in [0, 0.05) is 19.0 Å². The minimum absolute atomic E-state index is 0.310. The van der Waals surface area contributed by atoms with Crippen molar-refractivity contribution in [3.05, 3.63) is 0 Å². The molecule has 0 spiro atoms. The van der Waals surface area contributed by atoms with E-state index in [0.717, 1.165) is 19.6 Å². The van der Waals surface area contributed by atoms with Crippen molar-refractivity contribution in [3.8, 4) is 11.8 Å². The molecule has 0 aromatic rings. The lowest BCUT2D eigenvalue weighted by atomic mass is 10.2. The third-order valence-electron chi connectivity index (χ3n) is 2.12. The van der Waals surface area contributed by atoms with Gasteiger partial charge in [-0.25, -0.2) is 0 Å². The Morgan fingerprint density at radius 1 is 1.12 bits per heavy atom. The highest BCUT2D eigenvalue weighted by Crippen LogP contribution is 1.91. The molecule has 0 radical (unpaired) electrons. The molecule has 0 aliphatic heterocycles. The van der Waals surface area contributed by atoms with Crippen LogP contribution in [0.4, 0.5) is 0 Å². The number of hydrogen-bond donors (Lipinski definition) is 2. The van der Waals surface area contributed by atoms with Gasteiger partial charge in [-0.1, -0.05) is 0 Å². The number of likely N-dealkylation sites (N-methyl/N-ethyl adjacent to an activating group) is 2. The number of hydrogen-bond acceptors (Lipinski definition) is 4. The molecule has 0 rings (SSSR count). The van der Waals surface area contributed by atoms with E-state index in [1.807, 2.05) is 21.0 Å². The van der Waals surface area contributed by atoms with Crippen LogP contribution < -0.4 is 10.6 Å². The maximum atomic E-state index is 5.49. The summed E-state index contributed by atoms with van der Waals surface area (Å²) in [5.74, 6) is 5.92. The first kappa shape index (κ1) is 15.4. The molecule has 94 valence electrons. The lowest BCUT2D eigenvalue weighted by Crippen LogP contribution is -2.30. The second kappa shape index (κ2) is 12.5. The van der Waals surface area contributed by atoms with Crippen molar-refractivity contribution in [1.82, 2.24) is 10.6 Å². The Bertz CT molecular complexity index is 199. The average Bonchev–Trinajstić information content (AvgIpc) is 2.32. The van der Waals surface area contributed by atoms with Crippen LogP contribution in [-0.4, -0.2) is 53.1 Å². The largest absolute Gasteiger partial charge is 0.378 e. The molecule has 0 saturated heterocycles. The average molecular weight is 228 g/mol. The maximum Gasteiger partial charge on any atom is 0.0701 e. The molecule has 0 amide bonds. The summed E-state index contributed by atoms with van der Waals surface area (Å²) in [4.78, 5) is 0. The van der Waals surface area contributed by atoms with Crippen molar-refractivity contribution in [2.24, 2.45) is 0 Å². The van der Waals surface area contributed by atoms with Gasteiger partial charge in [0.2, 0.25) is 0 Å². The third kappa shape index (κ3) is 9.94. The first-order chi connectivity index (χ1) is 7.85. The highest BCUT2D eigenvalue weighted by atomic mass is 16.5. The lowest BCUT2D eigenvalue weighted by Gasteiger charge is -2.13. The van der Waals surface area contributed by atoms with Crippen LogP contribution >= 0.6 is 0 Å². The van der Waals surface area contributed by atoms with Gasteiger partial charge in [0.1, 0.15) is 0 Å². The second-order valence-corrected chi connectivity index (χ2v) is 3.41. The van der Waals surface area contributed by atoms with Crippen molar-refractivity contribution in [2.45, 2.75) is 19.4 Å². The Hall–Kier alpha value is -0.600. The van der Waals surface area contributed by atoms with E-state index in [0.29, 0.717) is 25.9 Å². The molecular formula is C12H24N2O2. The molecule has 4 nitrogen and oxygen atoms in total. The Morgan fingerprint density at radius 2 is 1.88 bits per heavy atom. The zero-order valence-corrected chi connectivity index (χ0v) is 10.6. The number of nitrogens with one attached hydrogen (secondary N) is 2. The minimum atomic E-state index is 0.310. The molecule has 2 N–H and O–H groups in total. The summed E-state index contributed by atoms with van der Waals surface area (Å²) in [5, 5.41) is 6.19. The van der Waals surface area contributed by atoms with E-state index in [2.05, 4.69) is 22.5 Å². The van der Waals surface area contributed by atoms with Crippen LogP contribution in [0, 0.1) is 11.8 Å². The third-order valence-corrected chi connectivity index (χ3v) is 2.12. The Labute approximate surface area is 99.1 Å². The van der Waals surface area contributed by atoms with Crippen LogP contribution in [0.15, 0.2) is 0 Å². The van der Waals surface area contributed by atoms with Crippen LogP contribution in [-0.2, 0) is 9.47 Å². The molecule has 0 aromatic carbocycles. The van der Waals surface area contributed by atoms with Crippen LogP contribution in [0.5, 0.6) is 0 Å². The van der Waals surface area contributed by atoms with Crippen molar-refractivity contribution >= 4 is 0 Å². The van der Waals surface area contributed by atoms with Crippen molar-refractivity contribution in [2.75, 3.05) is 47.1 Å². The van der Waals surface area contributed by atoms with E-state index in [1.54, 1.807) is 0 Å². The van der Waals surface area contributed by atoms with E-state index in [1.165, 1.54) is 0 Å².